The summed E-state index contributed by atoms with van der Waals surface area (Å²) >= 11 is 0. The fraction of sp³-hybridized carbons (Fsp3) is 0.571. The lowest BCUT2D eigenvalue weighted by Crippen LogP contribution is -2.81. The number of rotatable bonds is 6. The van der Waals surface area contributed by atoms with E-state index >= 15 is 0 Å². The second-order valence-electron chi connectivity index (χ2n) is 10.8. The number of ether oxygens (including phenoxy) is 4. The predicted molar refractivity (Wildman–Crippen MR) is 125 cm³/mol. The van der Waals surface area contributed by atoms with Gasteiger partial charge in [-0.2, -0.15) is 0 Å². The lowest BCUT2D eigenvalue weighted by Gasteiger charge is -2.72. The number of fused-ring (bicyclic) bond motifs is 2. The van der Waals surface area contributed by atoms with Crippen molar-refractivity contribution in [1.82, 2.24) is 5.32 Å². The zero-order chi connectivity index (χ0) is 22.3. The molecule has 4 fully saturated rings. The highest BCUT2D eigenvalue weighted by molar-refractivity contribution is 5.63. The maximum atomic E-state index is 6.99. The molecule has 4 aliphatic carbocycles. The third-order valence-electron chi connectivity index (χ3n) is 9.96. The molecule has 2 heterocycles. The van der Waals surface area contributed by atoms with Crippen molar-refractivity contribution in [1.29, 1.82) is 0 Å². The number of hydrogen-bond acceptors (Lipinski definition) is 5. The summed E-state index contributed by atoms with van der Waals surface area (Å²) < 4.78 is 25.7. The van der Waals surface area contributed by atoms with Gasteiger partial charge in [0.25, 0.3) is 0 Å². The van der Waals surface area contributed by atoms with E-state index in [1.54, 1.807) is 7.11 Å². The van der Waals surface area contributed by atoms with Crippen LogP contribution in [0.25, 0.3) is 0 Å². The average molecular weight is 448 g/mol. The molecule has 6 aliphatic rings. The third-order valence-corrected chi connectivity index (χ3v) is 9.96. The maximum absolute atomic E-state index is 6.99. The van der Waals surface area contributed by atoms with Crippen LogP contribution in [0.1, 0.15) is 42.4 Å². The van der Waals surface area contributed by atoms with Gasteiger partial charge in [-0.15, -0.1) is 0 Å². The van der Waals surface area contributed by atoms with E-state index < -0.39 is 0 Å². The van der Waals surface area contributed by atoms with Crippen molar-refractivity contribution in [2.45, 2.75) is 61.9 Å². The summed E-state index contributed by atoms with van der Waals surface area (Å²) in [5.74, 6) is 2.16. The highest BCUT2D eigenvalue weighted by Crippen LogP contribution is 2.75. The molecule has 4 bridgehead atoms. The van der Waals surface area contributed by atoms with Crippen LogP contribution >= 0.6 is 0 Å². The molecule has 3 unspecified atom stereocenters. The van der Waals surface area contributed by atoms with Crippen molar-refractivity contribution in [3.8, 4) is 11.5 Å². The summed E-state index contributed by atoms with van der Waals surface area (Å²) in [6.07, 6.45) is 5.52. The molecule has 1 N–H and O–H groups in total. The van der Waals surface area contributed by atoms with Crippen molar-refractivity contribution in [2.24, 2.45) is 11.3 Å². The minimum Gasteiger partial charge on any atom is -0.493 e. The van der Waals surface area contributed by atoms with Crippen LogP contribution in [0.4, 0.5) is 0 Å². The Labute approximate surface area is 195 Å². The lowest BCUT2D eigenvalue weighted by molar-refractivity contribution is -0.271. The van der Waals surface area contributed by atoms with Crippen LogP contribution in [-0.4, -0.2) is 45.1 Å². The summed E-state index contributed by atoms with van der Waals surface area (Å²) in [7, 11) is 3.65. The van der Waals surface area contributed by atoms with E-state index in [9.17, 15) is 0 Å². The Morgan fingerprint density at radius 1 is 1.06 bits per heavy atom. The highest BCUT2D eigenvalue weighted by atomic mass is 16.6. The molecule has 0 aromatic heterocycles. The second-order valence-corrected chi connectivity index (χ2v) is 10.8. The molecular weight excluding hydrogens is 414 g/mol. The van der Waals surface area contributed by atoms with Gasteiger partial charge in [-0.1, -0.05) is 36.4 Å². The Morgan fingerprint density at radius 3 is 2.76 bits per heavy atom. The molecular formula is C28H33NO4. The fourth-order valence-corrected chi connectivity index (χ4v) is 8.73. The first-order chi connectivity index (χ1) is 16.2. The number of nitrogens with one attached hydrogen (secondary N) is 1. The summed E-state index contributed by atoms with van der Waals surface area (Å²) in [5, 5.41) is 3.94. The monoisotopic (exact) mass is 447 g/mol. The van der Waals surface area contributed by atoms with Gasteiger partial charge in [0.1, 0.15) is 11.7 Å². The lowest BCUT2D eigenvalue weighted by atomic mass is 9.35. The van der Waals surface area contributed by atoms with E-state index in [1.165, 1.54) is 23.1 Å². The van der Waals surface area contributed by atoms with Crippen LogP contribution in [0.3, 0.4) is 0 Å². The SMILES string of the molecule is COc1ccc2c3c1O[C@H]1C4(OC)CCC5(C[C@@H]4COCc4ccccc4)[C@@H](C2)NCCC315. The molecule has 3 saturated carbocycles. The van der Waals surface area contributed by atoms with Crippen LogP contribution in [0.2, 0.25) is 0 Å². The Kier molecular flexibility index (Phi) is 4.29. The number of hydrogen-bond donors (Lipinski definition) is 1. The Bertz CT molecular complexity index is 1090. The molecule has 2 spiro atoms. The summed E-state index contributed by atoms with van der Waals surface area (Å²) in [4.78, 5) is 0. The smallest absolute Gasteiger partial charge is 0.165 e. The fourth-order valence-electron chi connectivity index (χ4n) is 8.73. The van der Waals surface area contributed by atoms with Gasteiger partial charge in [0.05, 0.1) is 20.3 Å². The van der Waals surface area contributed by atoms with Crippen LogP contribution in [-0.2, 0) is 27.9 Å². The molecule has 1 saturated heterocycles. The second kappa shape index (κ2) is 6.97. The van der Waals surface area contributed by atoms with Crippen LogP contribution in [0.15, 0.2) is 42.5 Å². The molecule has 0 amide bonds. The standard InChI is InChI=1S/C28H33NO4/c1-30-21-9-8-19-14-22-26-10-11-28(31-2,20(15-26)17-32-16-18-6-4-3-5-7-18)25-27(26,12-13-29-22)23(19)24(21)33-25/h3-9,20,22,25,29H,10-17H2,1-2H3/t20-,22-,25-,26?,27?,28?/m1/s1. The normalized spacial score (nSPS) is 39.2. The predicted octanol–water partition coefficient (Wildman–Crippen LogP) is 4.01. The number of piperidine rings is 1. The van der Waals surface area contributed by atoms with Gasteiger partial charge >= 0.3 is 0 Å². The van der Waals surface area contributed by atoms with E-state index in [0.717, 1.165) is 43.7 Å². The largest absolute Gasteiger partial charge is 0.493 e. The summed E-state index contributed by atoms with van der Waals surface area (Å²) in [6, 6.07) is 15.3. The van der Waals surface area contributed by atoms with Crippen LogP contribution < -0.4 is 14.8 Å². The van der Waals surface area contributed by atoms with E-state index in [0.29, 0.717) is 25.2 Å². The molecule has 0 radical (unpaired) electrons. The molecule has 174 valence electrons. The van der Waals surface area contributed by atoms with Crippen LogP contribution in [0, 0.1) is 11.3 Å². The van der Waals surface area contributed by atoms with E-state index in [-0.39, 0.29) is 22.5 Å². The van der Waals surface area contributed by atoms with Crippen molar-refractivity contribution < 1.29 is 18.9 Å². The molecule has 5 heteroatoms. The number of benzene rings is 2. The molecule has 2 aromatic carbocycles. The maximum Gasteiger partial charge on any atom is 0.165 e. The van der Waals surface area contributed by atoms with Gasteiger partial charge < -0.3 is 24.3 Å². The summed E-state index contributed by atoms with van der Waals surface area (Å²) in [6.45, 7) is 2.38. The average Bonchev–Trinajstić information content (AvgIpc) is 3.21. The van der Waals surface area contributed by atoms with Crippen LogP contribution in [0.5, 0.6) is 11.5 Å². The van der Waals surface area contributed by atoms with Gasteiger partial charge in [-0.25, -0.2) is 0 Å². The first kappa shape index (κ1) is 20.3. The quantitative estimate of drug-likeness (QED) is 0.725. The molecule has 5 nitrogen and oxygen atoms in total. The zero-order valence-electron chi connectivity index (χ0n) is 19.6. The van der Waals surface area contributed by atoms with Gasteiger partial charge in [0.15, 0.2) is 11.5 Å². The van der Waals surface area contributed by atoms with Gasteiger partial charge in [-0.3, -0.25) is 0 Å². The minimum absolute atomic E-state index is 0.00453. The van der Waals surface area contributed by atoms with Crippen molar-refractivity contribution in [3.63, 3.8) is 0 Å². The van der Waals surface area contributed by atoms with Gasteiger partial charge in [-0.05, 0) is 55.8 Å². The van der Waals surface area contributed by atoms with Crippen molar-refractivity contribution in [3.05, 3.63) is 59.2 Å². The van der Waals surface area contributed by atoms with E-state index in [1.807, 2.05) is 7.11 Å². The molecule has 6 atom stereocenters. The Balaban J connectivity index is 1.31. The summed E-state index contributed by atoms with van der Waals surface area (Å²) in [5.41, 5.74) is 3.95. The number of methoxy groups -OCH3 is 2. The van der Waals surface area contributed by atoms with Crippen molar-refractivity contribution in [2.75, 3.05) is 27.4 Å². The minimum atomic E-state index is -0.334. The molecule has 33 heavy (non-hydrogen) atoms. The van der Waals surface area contributed by atoms with Gasteiger partial charge in [0.2, 0.25) is 0 Å². The highest BCUT2D eigenvalue weighted by Gasteiger charge is 2.79. The Hall–Kier alpha value is -2.08. The van der Waals surface area contributed by atoms with E-state index in [4.69, 9.17) is 18.9 Å². The molecule has 2 aliphatic heterocycles. The zero-order valence-corrected chi connectivity index (χ0v) is 19.6. The first-order valence-electron chi connectivity index (χ1n) is 12.5. The third kappa shape index (κ3) is 2.34. The molecule has 2 aromatic rings. The topological polar surface area (TPSA) is 49.0 Å². The first-order valence-corrected chi connectivity index (χ1v) is 12.5. The van der Waals surface area contributed by atoms with Crippen molar-refractivity contribution >= 4 is 0 Å². The Morgan fingerprint density at radius 2 is 1.94 bits per heavy atom. The van der Waals surface area contributed by atoms with E-state index in [2.05, 4.69) is 47.8 Å². The van der Waals surface area contributed by atoms with Gasteiger partial charge in [0, 0.05) is 35.5 Å². The molecule has 8 rings (SSSR count).